The van der Waals surface area contributed by atoms with Crippen LogP contribution in [-0.2, 0) is 0 Å². The molecule has 0 aliphatic heterocycles. The van der Waals surface area contributed by atoms with Crippen molar-refractivity contribution >= 4 is 22.7 Å². The molecular formula is C27H27OP. The van der Waals surface area contributed by atoms with E-state index < -0.39 is 6.83 Å². The van der Waals surface area contributed by atoms with Gasteiger partial charge < -0.3 is 0 Å². The second-order valence-electron chi connectivity index (χ2n) is 7.35. The molecular weight excluding hydrogens is 371 g/mol. The van der Waals surface area contributed by atoms with Gasteiger partial charge in [-0.3, -0.25) is 0 Å². The molecule has 0 aliphatic carbocycles. The van der Waals surface area contributed by atoms with Gasteiger partial charge in [0.1, 0.15) is 0 Å². The molecule has 0 bridgehead atoms. The van der Waals surface area contributed by atoms with Crippen LogP contribution < -0.4 is 20.4 Å². The van der Waals surface area contributed by atoms with Crippen LogP contribution in [0.25, 0.3) is 0 Å². The summed E-state index contributed by atoms with van der Waals surface area (Å²) in [6.45, 7) is -0.979. The Bertz CT molecular complexity index is 931. The molecule has 0 atom stereocenters. The predicted molar refractivity (Wildman–Crippen MR) is 127 cm³/mol. The standard InChI is InChI=1S/C27H27OP/c1-2-23-29(25-17-9-4-10-18-25,26-19-11-5-12-20-26,27-21-13-6-14-22-27)28-24-15-7-3-8-16-24/h3-22H,2,23H2,1H3. The first-order valence-corrected chi connectivity index (χ1v) is 12.6. The number of rotatable bonds is 7. The van der Waals surface area contributed by atoms with E-state index in [1.165, 1.54) is 15.9 Å². The number of hydrogen-bond acceptors (Lipinski definition) is 1. The van der Waals surface area contributed by atoms with E-state index in [0.29, 0.717) is 0 Å². The Labute approximate surface area is 174 Å². The summed E-state index contributed by atoms with van der Waals surface area (Å²) < 4.78 is 7.32. The predicted octanol–water partition coefficient (Wildman–Crippen LogP) is 5.92. The molecule has 0 saturated carbocycles. The zero-order valence-electron chi connectivity index (χ0n) is 16.8. The van der Waals surface area contributed by atoms with Crippen molar-refractivity contribution in [3.63, 3.8) is 0 Å². The van der Waals surface area contributed by atoms with E-state index in [2.05, 4.69) is 110 Å². The molecule has 0 spiro atoms. The summed E-state index contributed by atoms with van der Waals surface area (Å²) in [5.74, 6) is 0.912. The summed E-state index contributed by atoms with van der Waals surface area (Å²) in [4.78, 5) is 0. The molecule has 146 valence electrons. The molecule has 29 heavy (non-hydrogen) atoms. The van der Waals surface area contributed by atoms with Gasteiger partial charge in [-0.05, 0) is 0 Å². The molecule has 0 saturated heterocycles. The summed E-state index contributed by atoms with van der Waals surface area (Å²) in [7, 11) is 0. The summed E-state index contributed by atoms with van der Waals surface area (Å²) in [5, 5.41) is 3.80. The van der Waals surface area contributed by atoms with Crippen LogP contribution in [0.2, 0.25) is 0 Å². The van der Waals surface area contributed by atoms with Crippen LogP contribution in [0.4, 0.5) is 0 Å². The van der Waals surface area contributed by atoms with Crippen LogP contribution in [0.3, 0.4) is 0 Å². The minimum atomic E-state index is -3.23. The van der Waals surface area contributed by atoms with Crippen LogP contribution in [-0.4, -0.2) is 6.16 Å². The van der Waals surface area contributed by atoms with Gasteiger partial charge in [0.15, 0.2) is 0 Å². The van der Waals surface area contributed by atoms with E-state index in [4.69, 9.17) is 4.52 Å². The van der Waals surface area contributed by atoms with Crippen molar-refractivity contribution in [2.75, 3.05) is 6.16 Å². The second-order valence-corrected chi connectivity index (χ2v) is 12.0. The van der Waals surface area contributed by atoms with E-state index in [0.717, 1.165) is 18.3 Å². The molecule has 0 aliphatic rings. The van der Waals surface area contributed by atoms with Gasteiger partial charge in [0.2, 0.25) is 0 Å². The van der Waals surface area contributed by atoms with Crippen molar-refractivity contribution in [1.29, 1.82) is 0 Å². The number of benzene rings is 4. The summed E-state index contributed by atoms with van der Waals surface area (Å²) in [6, 6.07) is 42.8. The van der Waals surface area contributed by atoms with Gasteiger partial charge in [-0.25, -0.2) is 0 Å². The first-order chi connectivity index (χ1) is 14.3. The topological polar surface area (TPSA) is 9.23 Å². The van der Waals surface area contributed by atoms with E-state index >= 15 is 0 Å². The zero-order valence-corrected chi connectivity index (χ0v) is 17.7. The van der Waals surface area contributed by atoms with Gasteiger partial charge in [-0.1, -0.05) is 0 Å². The minimum absolute atomic E-state index is 0.912. The molecule has 0 radical (unpaired) electrons. The van der Waals surface area contributed by atoms with Crippen LogP contribution in [0.1, 0.15) is 13.3 Å². The average molecular weight is 398 g/mol. The van der Waals surface area contributed by atoms with Gasteiger partial charge >= 0.3 is 174 Å². The van der Waals surface area contributed by atoms with E-state index in [1.807, 2.05) is 18.2 Å². The van der Waals surface area contributed by atoms with Crippen molar-refractivity contribution in [3.8, 4) is 5.75 Å². The van der Waals surface area contributed by atoms with Crippen molar-refractivity contribution in [1.82, 2.24) is 0 Å². The van der Waals surface area contributed by atoms with Gasteiger partial charge in [-0.15, -0.1) is 0 Å². The zero-order chi connectivity index (χ0) is 20.0. The van der Waals surface area contributed by atoms with E-state index in [1.54, 1.807) is 0 Å². The summed E-state index contributed by atoms with van der Waals surface area (Å²) >= 11 is 0. The Morgan fingerprint density at radius 3 is 1.21 bits per heavy atom. The van der Waals surface area contributed by atoms with Crippen molar-refractivity contribution < 1.29 is 4.52 Å². The molecule has 4 aromatic rings. The Hall–Kier alpha value is -2.89. The normalized spacial score (nSPS) is 12.7. The van der Waals surface area contributed by atoms with Crippen LogP contribution in [0.5, 0.6) is 5.75 Å². The maximum absolute atomic E-state index is 7.32. The number of para-hydroxylation sites is 1. The second kappa shape index (κ2) is 8.23. The molecule has 0 unspecified atom stereocenters. The average Bonchev–Trinajstić information content (AvgIpc) is 2.81. The molecule has 2 heteroatoms. The SMILES string of the molecule is CCCP(Oc1ccccc1)(c1ccccc1)(c1ccccc1)c1ccccc1. The van der Waals surface area contributed by atoms with Gasteiger partial charge in [0.05, 0.1) is 0 Å². The van der Waals surface area contributed by atoms with Crippen LogP contribution in [0, 0.1) is 0 Å². The van der Waals surface area contributed by atoms with Crippen LogP contribution >= 0.6 is 6.83 Å². The quantitative estimate of drug-likeness (QED) is 0.351. The first kappa shape index (κ1) is 19.4. The fraction of sp³-hybridized carbons (Fsp3) is 0.111. The van der Waals surface area contributed by atoms with E-state index in [-0.39, 0.29) is 0 Å². The van der Waals surface area contributed by atoms with Gasteiger partial charge in [0.25, 0.3) is 0 Å². The fourth-order valence-electron chi connectivity index (χ4n) is 4.41. The number of hydrogen-bond donors (Lipinski definition) is 0. The van der Waals surface area contributed by atoms with Crippen molar-refractivity contribution in [2.24, 2.45) is 0 Å². The molecule has 1 nitrogen and oxygen atoms in total. The third kappa shape index (κ3) is 3.26. The third-order valence-electron chi connectivity index (χ3n) is 5.61. The Kier molecular flexibility index (Phi) is 5.51. The van der Waals surface area contributed by atoms with Gasteiger partial charge in [-0.2, -0.15) is 0 Å². The Morgan fingerprint density at radius 2 is 0.862 bits per heavy atom. The molecule has 4 rings (SSSR count). The van der Waals surface area contributed by atoms with Crippen LogP contribution in [0.15, 0.2) is 121 Å². The molecule has 0 fully saturated rings. The molecule has 0 heterocycles. The summed E-state index contributed by atoms with van der Waals surface area (Å²) in [5.41, 5.74) is 0. The Balaban J connectivity index is 2.16. The van der Waals surface area contributed by atoms with Crippen molar-refractivity contribution in [3.05, 3.63) is 121 Å². The maximum atomic E-state index is 7.32. The fourth-order valence-corrected chi connectivity index (χ4v) is 10.3. The molecule has 4 aromatic carbocycles. The Morgan fingerprint density at radius 1 is 0.517 bits per heavy atom. The van der Waals surface area contributed by atoms with Crippen molar-refractivity contribution in [2.45, 2.75) is 13.3 Å². The first-order valence-electron chi connectivity index (χ1n) is 10.2. The monoisotopic (exact) mass is 398 g/mol. The summed E-state index contributed by atoms with van der Waals surface area (Å²) in [6.07, 6.45) is 1.96. The molecule has 0 amide bonds. The molecule has 0 aromatic heterocycles. The van der Waals surface area contributed by atoms with Gasteiger partial charge in [0, 0.05) is 0 Å². The molecule has 0 N–H and O–H groups in total. The van der Waals surface area contributed by atoms with E-state index in [9.17, 15) is 0 Å². The third-order valence-corrected chi connectivity index (χ3v) is 11.7.